The molecule has 12 nitrogen and oxygen atoms in total. The number of esters is 2. The third-order valence-electron chi connectivity index (χ3n) is 11.8. The summed E-state index contributed by atoms with van der Waals surface area (Å²) in [7, 11) is -4.22. The fourth-order valence-corrected chi connectivity index (χ4v) is 8.40. The molecule has 0 bridgehead atoms. The van der Waals surface area contributed by atoms with Crippen LogP contribution in [-0.4, -0.2) is 121 Å². The zero-order valence-electron chi connectivity index (χ0n) is 38.7. The van der Waals surface area contributed by atoms with Crippen LogP contribution in [-0.2, 0) is 47.5 Å². The Morgan fingerprint density at radius 1 is 0.450 bits per heavy atom. The number of hydrogen-bond acceptors (Lipinski definition) is 12. The van der Waals surface area contributed by atoms with E-state index in [1.807, 2.05) is 62.4 Å². The SMILES string of the molecule is CCOCCOCCOCCOC(=O)C1C(c2ccc(O[Si](C)(C)C(C)(C)C)cc2)C(C(=O)OCCOCCOCCOCC)C1c1ccc(O[Si](C)(C)C(C)(C)C)cc1. The molecule has 0 radical (unpaired) electrons. The standard InChI is InChI=1S/C46H76O12Si2/c1-13-49-23-25-51-27-29-53-31-33-55-43(47)41-39(35-15-19-37(20-16-35)57-59(9,10)45(3,4)5)42(44(48)56-34-32-54-30-28-52-26-24-50-14-2)40(41)36-17-21-38(22-18-36)58-60(11,12)46(6,7)8/h15-22,39-42H,13-14,23-34H2,1-12H3. The molecule has 2 aromatic carbocycles. The normalized spacial score (nSPS) is 18.5. The van der Waals surface area contributed by atoms with E-state index in [0.717, 1.165) is 22.6 Å². The Balaban J connectivity index is 1.86. The van der Waals surface area contributed by atoms with Gasteiger partial charge in [0.2, 0.25) is 16.6 Å². The molecule has 0 aliphatic heterocycles. The van der Waals surface area contributed by atoms with Gasteiger partial charge in [-0.1, -0.05) is 65.8 Å². The van der Waals surface area contributed by atoms with Gasteiger partial charge < -0.3 is 46.7 Å². The quantitative estimate of drug-likeness (QED) is 0.0461. The molecule has 1 aliphatic rings. The fraction of sp³-hybridized carbons (Fsp3) is 0.696. The minimum atomic E-state index is -2.11. The summed E-state index contributed by atoms with van der Waals surface area (Å²) in [4.78, 5) is 28.4. The molecule has 14 heteroatoms. The molecule has 340 valence electrons. The number of ether oxygens (including phenoxy) is 8. The van der Waals surface area contributed by atoms with Crippen LogP contribution >= 0.6 is 0 Å². The van der Waals surface area contributed by atoms with Crippen molar-refractivity contribution in [1.29, 1.82) is 0 Å². The molecule has 3 rings (SSSR count). The summed E-state index contributed by atoms with van der Waals surface area (Å²) >= 11 is 0. The molecule has 0 amide bonds. The molecule has 0 N–H and O–H groups in total. The average molecular weight is 877 g/mol. The third-order valence-corrected chi connectivity index (χ3v) is 20.5. The van der Waals surface area contributed by atoms with Crippen LogP contribution in [0.15, 0.2) is 48.5 Å². The second-order valence-electron chi connectivity index (χ2n) is 18.1. The summed E-state index contributed by atoms with van der Waals surface area (Å²) in [6, 6.07) is 15.6. The van der Waals surface area contributed by atoms with E-state index in [-0.39, 0.29) is 36.5 Å². The molecule has 0 spiro atoms. The van der Waals surface area contributed by atoms with Gasteiger partial charge in [-0.2, -0.15) is 0 Å². The first-order valence-corrected chi connectivity index (χ1v) is 27.5. The highest BCUT2D eigenvalue weighted by Crippen LogP contribution is 2.59. The molecular weight excluding hydrogens is 801 g/mol. The Bertz CT molecular complexity index is 1410. The minimum Gasteiger partial charge on any atom is -0.544 e. The Morgan fingerprint density at radius 3 is 0.983 bits per heavy atom. The van der Waals surface area contributed by atoms with Crippen LogP contribution in [0.3, 0.4) is 0 Å². The Kier molecular flexibility index (Phi) is 21.2. The van der Waals surface area contributed by atoms with Crippen molar-refractivity contribution < 1.29 is 56.3 Å². The number of carbonyl (C=O) groups excluding carboxylic acids is 2. The molecule has 0 heterocycles. The molecule has 1 saturated carbocycles. The highest BCUT2D eigenvalue weighted by molar-refractivity contribution is 6.75. The van der Waals surface area contributed by atoms with Crippen LogP contribution in [0.5, 0.6) is 11.5 Å². The van der Waals surface area contributed by atoms with Crippen molar-refractivity contribution in [3.8, 4) is 11.5 Å². The predicted molar refractivity (Wildman–Crippen MR) is 239 cm³/mol. The summed E-state index contributed by atoms with van der Waals surface area (Å²) < 4.78 is 58.0. The van der Waals surface area contributed by atoms with Gasteiger partial charge in [0, 0.05) is 25.0 Å². The molecule has 0 aromatic heterocycles. The number of hydrogen-bond donors (Lipinski definition) is 0. The van der Waals surface area contributed by atoms with E-state index >= 15 is 0 Å². The van der Waals surface area contributed by atoms with Crippen LogP contribution in [0, 0.1) is 11.8 Å². The van der Waals surface area contributed by atoms with E-state index < -0.39 is 52.2 Å². The topological polar surface area (TPSA) is 126 Å². The molecule has 0 atom stereocenters. The second-order valence-corrected chi connectivity index (χ2v) is 27.6. The first kappa shape index (κ1) is 51.5. The van der Waals surface area contributed by atoms with Crippen molar-refractivity contribution in [3.63, 3.8) is 0 Å². The number of rotatable bonds is 28. The van der Waals surface area contributed by atoms with Crippen LogP contribution < -0.4 is 8.85 Å². The van der Waals surface area contributed by atoms with E-state index in [1.54, 1.807) is 0 Å². The second kappa shape index (κ2) is 24.7. The molecule has 1 fully saturated rings. The lowest BCUT2D eigenvalue weighted by Crippen LogP contribution is -2.52. The average Bonchev–Trinajstić information content (AvgIpc) is 3.16. The van der Waals surface area contributed by atoms with E-state index in [0.29, 0.717) is 66.1 Å². The van der Waals surface area contributed by atoms with Gasteiger partial charge in [0.1, 0.15) is 24.7 Å². The Labute approximate surface area is 362 Å². The van der Waals surface area contributed by atoms with E-state index in [2.05, 4.69) is 67.7 Å². The van der Waals surface area contributed by atoms with Crippen molar-refractivity contribution in [3.05, 3.63) is 59.7 Å². The Morgan fingerprint density at radius 2 is 0.717 bits per heavy atom. The smallest absolute Gasteiger partial charge is 0.310 e. The third kappa shape index (κ3) is 15.8. The lowest BCUT2D eigenvalue weighted by atomic mass is 9.52. The Hall–Kier alpha value is -2.83. The van der Waals surface area contributed by atoms with Crippen LogP contribution in [0.1, 0.15) is 78.4 Å². The number of carbonyl (C=O) groups is 2. The van der Waals surface area contributed by atoms with E-state index in [9.17, 15) is 9.59 Å². The molecule has 2 aromatic rings. The van der Waals surface area contributed by atoms with Crippen molar-refractivity contribution in [2.45, 2.75) is 103 Å². The van der Waals surface area contributed by atoms with Crippen LogP contribution in [0.2, 0.25) is 36.3 Å². The van der Waals surface area contributed by atoms with Gasteiger partial charge in [-0.3, -0.25) is 9.59 Å². The van der Waals surface area contributed by atoms with Crippen molar-refractivity contribution in [1.82, 2.24) is 0 Å². The first-order chi connectivity index (χ1) is 28.3. The van der Waals surface area contributed by atoms with Crippen molar-refractivity contribution in [2.24, 2.45) is 11.8 Å². The molecule has 0 saturated heterocycles. The fourth-order valence-electron chi connectivity index (χ4n) is 6.34. The predicted octanol–water partition coefficient (Wildman–Crippen LogP) is 8.79. The lowest BCUT2D eigenvalue weighted by molar-refractivity contribution is -0.169. The summed E-state index contributed by atoms with van der Waals surface area (Å²) in [5, 5.41) is 0.0328. The maximum absolute atomic E-state index is 14.2. The zero-order chi connectivity index (χ0) is 44.4. The molecule has 60 heavy (non-hydrogen) atoms. The van der Waals surface area contributed by atoms with Crippen molar-refractivity contribution in [2.75, 3.05) is 92.5 Å². The van der Waals surface area contributed by atoms with Gasteiger partial charge in [0.05, 0.1) is 77.9 Å². The summed E-state index contributed by atoms with van der Waals surface area (Å²) in [5.74, 6) is -1.66. The van der Waals surface area contributed by atoms with Crippen molar-refractivity contribution >= 4 is 28.6 Å². The minimum absolute atomic E-state index is 0.0164. The van der Waals surface area contributed by atoms with Gasteiger partial charge in [-0.15, -0.1) is 0 Å². The van der Waals surface area contributed by atoms with Gasteiger partial charge in [0.25, 0.3) is 0 Å². The highest BCUT2D eigenvalue weighted by Gasteiger charge is 2.59. The number of benzene rings is 2. The lowest BCUT2D eigenvalue weighted by Gasteiger charge is -2.49. The van der Waals surface area contributed by atoms with E-state index in [1.165, 1.54) is 0 Å². The van der Waals surface area contributed by atoms with Gasteiger partial charge >= 0.3 is 11.9 Å². The summed E-state index contributed by atoms with van der Waals surface area (Å²) in [6.45, 7) is 31.3. The van der Waals surface area contributed by atoms with E-state index in [4.69, 9.17) is 46.7 Å². The zero-order valence-corrected chi connectivity index (χ0v) is 40.7. The van der Waals surface area contributed by atoms with Gasteiger partial charge in [0.15, 0.2) is 0 Å². The maximum Gasteiger partial charge on any atom is 0.310 e. The van der Waals surface area contributed by atoms with Crippen LogP contribution in [0.25, 0.3) is 0 Å². The van der Waals surface area contributed by atoms with Gasteiger partial charge in [-0.25, -0.2) is 0 Å². The summed E-state index contributed by atoms with van der Waals surface area (Å²) in [6.07, 6.45) is 0. The maximum atomic E-state index is 14.2. The molecular formula is C46H76O12Si2. The molecule has 0 unspecified atom stereocenters. The van der Waals surface area contributed by atoms with Gasteiger partial charge in [-0.05, 0) is 85.5 Å². The highest BCUT2D eigenvalue weighted by atomic mass is 28.4. The first-order valence-electron chi connectivity index (χ1n) is 21.7. The molecule has 1 aliphatic carbocycles. The summed E-state index contributed by atoms with van der Waals surface area (Å²) in [5.41, 5.74) is 1.66. The monoisotopic (exact) mass is 876 g/mol. The van der Waals surface area contributed by atoms with Crippen LogP contribution in [0.4, 0.5) is 0 Å². The largest absolute Gasteiger partial charge is 0.544 e.